The second kappa shape index (κ2) is 8.53. The highest BCUT2D eigenvalue weighted by Crippen LogP contribution is 2.19. The zero-order valence-corrected chi connectivity index (χ0v) is 16.2. The van der Waals surface area contributed by atoms with Gasteiger partial charge >= 0.3 is 0 Å². The number of sulfonamides is 1. The van der Waals surface area contributed by atoms with Crippen molar-refractivity contribution in [2.45, 2.75) is 4.90 Å². The Hall–Kier alpha value is -2.71. The third kappa shape index (κ3) is 4.58. The standard InChI is InChI=1S/C20H21FN2O4S/c1-27-18-6-2-4-16(14-18)8-9-20(24)22-10-12-23(13-11-22)28(25,26)19-7-3-5-17(21)15-19/h2-9,14-15H,10-13H2,1H3/b9-8+. The minimum Gasteiger partial charge on any atom is -0.497 e. The molecule has 0 radical (unpaired) electrons. The van der Waals surface area contributed by atoms with Crippen molar-refractivity contribution in [2.75, 3.05) is 33.3 Å². The quantitative estimate of drug-likeness (QED) is 0.718. The summed E-state index contributed by atoms with van der Waals surface area (Å²) in [4.78, 5) is 13.9. The van der Waals surface area contributed by atoms with Gasteiger partial charge in [-0.05, 0) is 42.0 Å². The van der Waals surface area contributed by atoms with Gasteiger partial charge in [0.1, 0.15) is 11.6 Å². The second-order valence-corrected chi connectivity index (χ2v) is 8.23. The van der Waals surface area contributed by atoms with E-state index in [2.05, 4.69) is 0 Å². The molecule has 1 amide bonds. The molecule has 0 saturated carbocycles. The van der Waals surface area contributed by atoms with E-state index in [0.29, 0.717) is 5.75 Å². The van der Waals surface area contributed by atoms with E-state index >= 15 is 0 Å². The van der Waals surface area contributed by atoms with Gasteiger partial charge in [0.05, 0.1) is 12.0 Å². The molecule has 0 unspecified atom stereocenters. The average Bonchev–Trinajstić information content (AvgIpc) is 2.72. The highest BCUT2D eigenvalue weighted by atomic mass is 32.2. The molecular formula is C20H21FN2O4S. The molecule has 0 aromatic heterocycles. The van der Waals surface area contributed by atoms with E-state index in [0.717, 1.165) is 11.6 Å². The lowest BCUT2D eigenvalue weighted by atomic mass is 10.2. The van der Waals surface area contributed by atoms with Crippen molar-refractivity contribution in [2.24, 2.45) is 0 Å². The summed E-state index contributed by atoms with van der Waals surface area (Å²) in [6.07, 6.45) is 3.16. The Morgan fingerprint density at radius 3 is 2.46 bits per heavy atom. The van der Waals surface area contributed by atoms with E-state index in [1.165, 1.54) is 28.6 Å². The van der Waals surface area contributed by atoms with Crippen molar-refractivity contribution in [1.29, 1.82) is 0 Å². The van der Waals surface area contributed by atoms with Crippen LogP contribution < -0.4 is 4.74 Å². The smallest absolute Gasteiger partial charge is 0.246 e. The van der Waals surface area contributed by atoms with Crippen molar-refractivity contribution < 1.29 is 22.3 Å². The van der Waals surface area contributed by atoms with Crippen molar-refractivity contribution >= 4 is 22.0 Å². The van der Waals surface area contributed by atoms with Crippen LogP contribution in [0, 0.1) is 5.82 Å². The Bertz CT molecular complexity index is 983. The van der Waals surface area contributed by atoms with Crippen LogP contribution in [0.2, 0.25) is 0 Å². The summed E-state index contributed by atoms with van der Waals surface area (Å²) >= 11 is 0. The van der Waals surface area contributed by atoms with Crippen LogP contribution in [0.1, 0.15) is 5.56 Å². The van der Waals surface area contributed by atoms with Crippen LogP contribution in [-0.4, -0.2) is 56.8 Å². The van der Waals surface area contributed by atoms with Gasteiger partial charge < -0.3 is 9.64 Å². The van der Waals surface area contributed by atoms with Crippen LogP contribution >= 0.6 is 0 Å². The first-order valence-electron chi connectivity index (χ1n) is 8.77. The number of carbonyl (C=O) groups excluding carboxylic acids is 1. The second-order valence-electron chi connectivity index (χ2n) is 6.30. The number of carbonyl (C=O) groups is 1. The Labute approximate surface area is 163 Å². The van der Waals surface area contributed by atoms with Crippen LogP contribution in [0.25, 0.3) is 6.08 Å². The molecule has 1 aliphatic heterocycles. The Morgan fingerprint density at radius 1 is 1.07 bits per heavy atom. The number of piperazine rings is 1. The van der Waals surface area contributed by atoms with Crippen LogP contribution in [0.5, 0.6) is 5.75 Å². The summed E-state index contributed by atoms with van der Waals surface area (Å²) in [5, 5.41) is 0. The number of halogens is 1. The predicted molar refractivity (Wildman–Crippen MR) is 104 cm³/mol. The van der Waals surface area contributed by atoms with E-state index in [9.17, 15) is 17.6 Å². The summed E-state index contributed by atoms with van der Waals surface area (Å²) in [6, 6.07) is 12.3. The minimum atomic E-state index is -3.77. The lowest BCUT2D eigenvalue weighted by molar-refractivity contribution is -0.127. The fourth-order valence-corrected chi connectivity index (χ4v) is 4.40. The van der Waals surface area contributed by atoms with Gasteiger partial charge in [-0.3, -0.25) is 4.79 Å². The third-order valence-electron chi connectivity index (χ3n) is 4.50. The lowest BCUT2D eigenvalue weighted by Crippen LogP contribution is -2.50. The number of hydrogen-bond donors (Lipinski definition) is 0. The van der Waals surface area contributed by atoms with Gasteiger partial charge in [-0.15, -0.1) is 0 Å². The summed E-state index contributed by atoms with van der Waals surface area (Å²) < 4.78 is 45.0. The van der Waals surface area contributed by atoms with Gasteiger partial charge in [0.2, 0.25) is 15.9 Å². The number of rotatable bonds is 5. The summed E-state index contributed by atoms with van der Waals surface area (Å²) in [7, 11) is -2.20. The fraction of sp³-hybridized carbons (Fsp3) is 0.250. The molecule has 0 aliphatic carbocycles. The monoisotopic (exact) mass is 404 g/mol. The van der Waals surface area contributed by atoms with Crippen LogP contribution in [0.3, 0.4) is 0 Å². The van der Waals surface area contributed by atoms with E-state index in [1.54, 1.807) is 18.1 Å². The molecule has 1 saturated heterocycles. The van der Waals surface area contributed by atoms with Gasteiger partial charge in [-0.25, -0.2) is 12.8 Å². The number of benzene rings is 2. The zero-order valence-electron chi connectivity index (χ0n) is 15.4. The molecule has 28 heavy (non-hydrogen) atoms. The Balaban J connectivity index is 1.61. The third-order valence-corrected chi connectivity index (χ3v) is 6.39. The number of hydrogen-bond acceptors (Lipinski definition) is 4. The fourth-order valence-electron chi connectivity index (χ4n) is 2.94. The molecule has 148 valence electrons. The van der Waals surface area contributed by atoms with Crippen molar-refractivity contribution in [3.05, 3.63) is 66.0 Å². The average molecular weight is 404 g/mol. The highest BCUT2D eigenvalue weighted by Gasteiger charge is 2.29. The molecular weight excluding hydrogens is 383 g/mol. The maximum Gasteiger partial charge on any atom is 0.246 e. The normalized spacial score (nSPS) is 15.7. The highest BCUT2D eigenvalue weighted by molar-refractivity contribution is 7.89. The van der Waals surface area contributed by atoms with Crippen molar-refractivity contribution in [1.82, 2.24) is 9.21 Å². The molecule has 0 bridgehead atoms. The Morgan fingerprint density at radius 2 is 1.79 bits per heavy atom. The van der Waals surface area contributed by atoms with Crippen molar-refractivity contribution in [3.8, 4) is 5.75 Å². The summed E-state index contributed by atoms with van der Waals surface area (Å²) in [5.41, 5.74) is 0.833. The van der Waals surface area contributed by atoms with Crippen LogP contribution in [0.15, 0.2) is 59.5 Å². The van der Waals surface area contributed by atoms with Gasteiger partial charge in [0.15, 0.2) is 0 Å². The predicted octanol–water partition coefficient (Wildman–Crippen LogP) is 2.38. The van der Waals surface area contributed by atoms with E-state index in [4.69, 9.17) is 4.74 Å². The van der Waals surface area contributed by atoms with Crippen LogP contribution in [-0.2, 0) is 14.8 Å². The van der Waals surface area contributed by atoms with Crippen molar-refractivity contribution in [3.63, 3.8) is 0 Å². The topological polar surface area (TPSA) is 66.9 Å². The molecule has 1 aliphatic rings. The minimum absolute atomic E-state index is 0.0785. The van der Waals surface area contributed by atoms with E-state index in [1.807, 2.05) is 24.3 Å². The first kappa shape index (κ1) is 20.0. The number of methoxy groups -OCH3 is 1. The number of nitrogens with zero attached hydrogens (tertiary/aromatic N) is 2. The molecule has 2 aromatic rings. The zero-order chi connectivity index (χ0) is 20.1. The first-order chi connectivity index (χ1) is 13.4. The molecule has 1 heterocycles. The Kier molecular flexibility index (Phi) is 6.11. The van der Waals surface area contributed by atoms with Gasteiger partial charge in [0, 0.05) is 32.3 Å². The largest absolute Gasteiger partial charge is 0.497 e. The molecule has 1 fully saturated rings. The lowest BCUT2D eigenvalue weighted by Gasteiger charge is -2.33. The summed E-state index contributed by atoms with van der Waals surface area (Å²) in [6.45, 7) is 0.876. The van der Waals surface area contributed by atoms with Gasteiger partial charge in [0.25, 0.3) is 0 Å². The molecule has 0 N–H and O–H groups in total. The van der Waals surface area contributed by atoms with E-state index < -0.39 is 15.8 Å². The number of ether oxygens (including phenoxy) is 1. The molecule has 6 nitrogen and oxygen atoms in total. The maximum absolute atomic E-state index is 13.4. The SMILES string of the molecule is COc1cccc(/C=C/C(=O)N2CCN(S(=O)(=O)c3cccc(F)c3)CC2)c1. The van der Waals surface area contributed by atoms with Gasteiger partial charge in [-0.2, -0.15) is 4.31 Å². The van der Waals surface area contributed by atoms with Gasteiger partial charge in [-0.1, -0.05) is 18.2 Å². The molecule has 2 aromatic carbocycles. The molecule has 3 rings (SSSR count). The molecule has 0 atom stereocenters. The van der Waals surface area contributed by atoms with E-state index in [-0.39, 0.29) is 37.0 Å². The molecule has 8 heteroatoms. The number of amides is 1. The maximum atomic E-state index is 13.4. The first-order valence-corrected chi connectivity index (χ1v) is 10.2. The molecule has 0 spiro atoms. The summed E-state index contributed by atoms with van der Waals surface area (Å²) in [5.74, 6) is -0.0889. The van der Waals surface area contributed by atoms with Crippen LogP contribution in [0.4, 0.5) is 4.39 Å².